The van der Waals surface area contributed by atoms with E-state index in [1.54, 1.807) is 7.11 Å². The van der Waals surface area contributed by atoms with Gasteiger partial charge in [-0.3, -0.25) is 4.90 Å². The zero-order chi connectivity index (χ0) is 28.2. The summed E-state index contributed by atoms with van der Waals surface area (Å²) in [7, 11) is 1.65. The van der Waals surface area contributed by atoms with Gasteiger partial charge in [-0.25, -0.2) is 0 Å². The number of hydrogen-bond acceptors (Lipinski definition) is 9. The highest BCUT2D eigenvalue weighted by atomic mass is 16.6. The van der Waals surface area contributed by atoms with Gasteiger partial charge in [-0.1, -0.05) is 60.7 Å². The number of nitrogens with zero attached hydrogens (tertiary/aromatic N) is 1. The molecule has 0 unspecified atom stereocenters. The van der Waals surface area contributed by atoms with Crippen molar-refractivity contribution in [1.29, 1.82) is 0 Å². The Morgan fingerprint density at radius 2 is 0.700 bits per heavy atom. The molecular weight excluding hydrogens is 514 g/mol. The molecule has 0 aliphatic carbocycles. The molecule has 9 nitrogen and oxygen atoms in total. The van der Waals surface area contributed by atoms with Crippen LogP contribution in [-0.4, -0.2) is 118 Å². The van der Waals surface area contributed by atoms with Crippen molar-refractivity contribution in [1.82, 2.24) is 4.90 Å². The van der Waals surface area contributed by atoms with Crippen molar-refractivity contribution in [2.45, 2.75) is 13.1 Å². The number of benzene rings is 2. The average Bonchev–Trinajstić information content (AvgIpc) is 2.98. The Bertz CT molecular complexity index is 742. The van der Waals surface area contributed by atoms with E-state index < -0.39 is 0 Å². The SMILES string of the molecule is COCCOCCOCCOCCOCCOCCOCCOCCN(Cc1ccccc1)Cc1ccccc1. The maximum Gasteiger partial charge on any atom is 0.0701 e. The molecule has 0 atom stereocenters. The van der Waals surface area contributed by atoms with Crippen LogP contribution in [0, 0.1) is 0 Å². The predicted octanol–water partition coefficient (Wildman–Crippen LogP) is 3.45. The summed E-state index contributed by atoms with van der Waals surface area (Å²) < 4.78 is 43.5. The summed E-state index contributed by atoms with van der Waals surface area (Å²) in [5, 5.41) is 0. The van der Waals surface area contributed by atoms with Crippen molar-refractivity contribution < 1.29 is 37.9 Å². The first-order chi connectivity index (χ1) is 19.9. The molecule has 0 fully saturated rings. The van der Waals surface area contributed by atoms with Gasteiger partial charge in [-0.2, -0.15) is 0 Å². The van der Waals surface area contributed by atoms with Crippen LogP contribution >= 0.6 is 0 Å². The maximum atomic E-state index is 5.82. The number of methoxy groups -OCH3 is 1. The topological polar surface area (TPSA) is 77.1 Å². The Hall–Kier alpha value is -1.92. The fourth-order valence-electron chi connectivity index (χ4n) is 3.65. The highest BCUT2D eigenvalue weighted by Gasteiger charge is 2.07. The summed E-state index contributed by atoms with van der Waals surface area (Å²) in [6, 6.07) is 21.1. The second-order valence-electron chi connectivity index (χ2n) is 8.96. The van der Waals surface area contributed by atoms with Crippen LogP contribution in [0.2, 0.25) is 0 Å². The van der Waals surface area contributed by atoms with Crippen LogP contribution in [0.4, 0.5) is 0 Å². The largest absolute Gasteiger partial charge is 0.382 e. The van der Waals surface area contributed by atoms with E-state index in [0.717, 1.165) is 19.6 Å². The summed E-state index contributed by atoms with van der Waals surface area (Å²) in [5.41, 5.74) is 2.61. The van der Waals surface area contributed by atoms with Gasteiger partial charge >= 0.3 is 0 Å². The Kier molecular flexibility index (Phi) is 22.3. The fourth-order valence-corrected chi connectivity index (χ4v) is 3.65. The molecule has 0 heterocycles. The van der Waals surface area contributed by atoms with Gasteiger partial charge in [0.15, 0.2) is 0 Å². The second kappa shape index (κ2) is 26.0. The molecule has 0 N–H and O–H groups in total. The van der Waals surface area contributed by atoms with Gasteiger partial charge < -0.3 is 37.9 Å². The zero-order valence-electron chi connectivity index (χ0n) is 24.2. The molecule has 9 heteroatoms. The van der Waals surface area contributed by atoms with Crippen molar-refractivity contribution in [3.63, 3.8) is 0 Å². The van der Waals surface area contributed by atoms with Crippen LogP contribution in [0.25, 0.3) is 0 Å². The molecule has 2 rings (SSSR count). The van der Waals surface area contributed by atoms with E-state index in [9.17, 15) is 0 Å². The average molecular weight is 564 g/mol. The Balaban J connectivity index is 1.34. The fraction of sp³-hybridized carbons (Fsp3) is 0.613. The molecule has 0 saturated carbocycles. The van der Waals surface area contributed by atoms with Gasteiger partial charge in [-0.15, -0.1) is 0 Å². The van der Waals surface area contributed by atoms with Crippen LogP contribution in [-0.2, 0) is 51.0 Å². The van der Waals surface area contributed by atoms with E-state index in [4.69, 9.17) is 37.9 Å². The second-order valence-corrected chi connectivity index (χ2v) is 8.96. The lowest BCUT2D eigenvalue weighted by Crippen LogP contribution is -2.27. The van der Waals surface area contributed by atoms with Crippen LogP contribution in [0.15, 0.2) is 60.7 Å². The third-order valence-corrected chi connectivity index (χ3v) is 5.71. The normalized spacial score (nSPS) is 11.4. The summed E-state index contributed by atoms with van der Waals surface area (Å²) in [5.74, 6) is 0. The molecule has 0 amide bonds. The van der Waals surface area contributed by atoms with Crippen LogP contribution in [0.1, 0.15) is 11.1 Å². The monoisotopic (exact) mass is 563 g/mol. The molecule has 226 valence electrons. The summed E-state index contributed by atoms with van der Waals surface area (Å²) in [6.45, 7) is 11.0. The quantitative estimate of drug-likeness (QED) is 0.145. The lowest BCUT2D eigenvalue weighted by Gasteiger charge is -2.22. The van der Waals surface area contributed by atoms with Crippen molar-refractivity contribution in [2.24, 2.45) is 0 Å². The Morgan fingerprint density at radius 1 is 0.400 bits per heavy atom. The lowest BCUT2D eigenvalue weighted by atomic mass is 10.1. The van der Waals surface area contributed by atoms with Crippen LogP contribution < -0.4 is 0 Å². The Morgan fingerprint density at radius 3 is 1.02 bits per heavy atom. The third kappa shape index (κ3) is 20.0. The number of hydrogen-bond donors (Lipinski definition) is 0. The third-order valence-electron chi connectivity index (χ3n) is 5.71. The van der Waals surface area contributed by atoms with Gasteiger partial charge in [0.1, 0.15) is 0 Å². The number of ether oxygens (including phenoxy) is 8. The smallest absolute Gasteiger partial charge is 0.0701 e. The molecule has 0 aliphatic rings. The summed E-state index contributed by atoms with van der Waals surface area (Å²) in [6.07, 6.45) is 0. The minimum atomic E-state index is 0.532. The summed E-state index contributed by atoms with van der Waals surface area (Å²) in [4.78, 5) is 2.41. The first-order valence-corrected chi connectivity index (χ1v) is 14.2. The van der Waals surface area contributed by atoms with Crippen molar-refractivity contribution >= 4 is 0 Å². The van der Waals surface area contributed by atoms with E-state index in [-0.39, 0.29) is 0 Å². The Labute approximate surface area is 240 Å². The lowest BCUT2D eigenvalue weighted by molar-refractivity contribution is -0.0226. The van der Waals surface area contributed by atoms with Crippen LogP contribution in [0.5, 0.6) is 0 Å². The zero-order valence-corrected chi connectivity index (χ0v) is 24.2. The van der Waals surface area contributed by atoms with E-state index >= 15 is 0 Å². The standard InChI is InChI=1S/C31H49NO8/c1-33-14-15-35-18-19-37-22-23-39-26-27-40-25-24-38-21-20-36-17-16-34-13-12-32(28-30-8-4-2-5-9-30)29-31-10-6-3-7-11-31/h2-11H,12-29H2,1H3. The molecular formula is C31H49NO8. The minimum Gasteiger partial charge on any atom is -0.382 e. The molecule has 2 aromatic rings. The van der Waals surface area contributed by atoms with E-state index in [0.29, 0.717) is 99.1 Å². The van der Waals surface area contributed by atoms with Crippen molar-refractivity contribution in [2.75, 3.05) is 113 Å². The van der Waals surface area contributed by atoms with Gasteiger partial charge in [0, 0.05) is 26.7 Å². The molecule has 0 saturated heterocycles. The van der Waals surface area contributed by atoms with E-state index in [2.05, 4.69) is 65.6 Å². The first-order valence-electron chi connectivity index (χ1n) is 14.2. The van der Waals surface area contributed by atoms with Gasteiger partial charge in [-0.05, 0) is 11.1 Å². The highest BCUT2D eigenvalue weighted by molar-refractivity contribution is 5.17. The molecule has 0 spiro atoms. The molecule has 0 bridgehead atoms. The molecule has 40 heavy (non-hydrogen) atoms. The molecule has 0 aliphatic heterocycles. The molecule has 0 aromatic heterocycles. The maximum absolute atomic E-state index is 5.82. The van der Waals surface area contributed by atoms with Gasteiger partial charge in [0.2, 0.25) is 0 Å². The first kappa shape index (κ1) is 34.3. The van der Waals surface area contributed by atoms with Gasteiger partial charge in [0.25, 0.3) is 0 Å². The minimum absolute atomic E-state index is 0.532. The van der Waals surface area contributed by atoms with Crippen molar-refractivity contribution in [3.05, 3.63) is 71.8 Å². The molecule has 2 aromatic carbocycles. The summed E-state index contributed by atoms with van der Waals surface area (Å²) >= 11 is 0. The van der Waals surface area contributed by atoms with E-state index in [1.165, 1.54) is 11.1 Å². The predicted molar refractivity (Wildman–Crippen MR) is 155 cm³/mol. The highest BCUT2D eigenvalue weighted by Crippen LogP contribution is 2.09. The van der Waals surface area contributed by atoms with E-state index in [1.807, 2.05) is 0 Å². The number of rotatable bonds is 28. The molecule has 0 radical (unpaired) electrons. The van der Waals surface area contributed by atoms with Crippen LogP contribution in [0.3, 0.4) is 0 Å². The van der Waals surface area contributed by atoms with Gasteiger partial charge in [0.05, 0.1) is 99.1 Å². The van der Waals surface area contributed by atoms with Crippen molar-refractivity contribution in [3.8, 4) is 0 Å².